The predicted octanol–water partition coefficient (Wildman–Crippen LogP) is 1.07. The Hall–Kier alpha value is -2.10. The molecule has 0 aliphatic carbocycles. The summed E-state index contributed by atoms with van der Waals surface area (Å²) in [6.45, 7) is 0.553. The second kappa shape index (κ2) is 5.59. The van der Waals surface area contributed by atoms with Crippen LogP contribution in [-0.2, 0) is 14.8 Å². The third-order valence-electron chi connectivity index (χ3n) is 3.41. The summed E-state index contributed by atoms with van der Waals surface area (Å²) in [5, 5.41) is 8.87. The molecule has 9 heteroatoms. The van der Waals surface area contributed by atoms with Crippen molar-refractivity contribution >= 4 is 16.0 Å². The minimum atomic E-state index is -3.78. The molecule has 1 fully saturated rings. The average Bonchev–Trinajstić information content (AvgIpc) is 3.19. The number of morpholine rings is 1. The Labute approximate surface area is 126 Å². The molecule has 3 rings (SSSR count). The van der Waals surface area contributed by atoms with E-state index in [9.17, 15) is 13.2 Å². The van der Waals surface area contributed by atoms with Gasteiger partial charge in [-0.25, -0.2) is 13.2 Å². The fourth-order valence-corrected chi connectivity index (χ4v) is 3.71. The molecular weight excluding hydrogens is 312 g/mol. The molecule has 1 aliphatic rings. The summed E-state index contributed by atoms with van der Waals surface area (Å²) in [4.78, 5) is 13.2. The van der Waals surface area contributed by atoms with Gasteiger partial charge in [0, 0.05) is 19.3 Å². The third-order valence-corrected chi connectivity index (χ3v) is 5.26. The van der Waals surface area contributed by atoms with Crippen LogP contribution in [0.5, 0.6) is 0 Å². The summed E-state index contributed by atoms with van der Waals surface area (Å²) in [6, 6.07) is 4.53. The quantitative estimate of drug-likeness (QED) is 0.869. The summed E-state index contributed by atoms with van der Waals surface area (Å²) in [5.41, 5.74) is -0.172. The van der Waals surface area contributed by atoms with Crippen molar-refractivity contribution in [3.05, 3.63) is 42.1 Å². The molecule has 0 aromatic carbocycles. The number of furan rings is 1. The Kier molecular flexibility index (Phi) is 3.77. The second-order valence-corrected chi connectivity index (χ2v) is 6.73. The number of aromatic nitrogens is 1. The molecule has 0 amide bonds. The van der Waals surface area contributed by atoms with E-state index in [1.165, 1.54) is 16.8 Å². The lowest BCUT2D eigenvalue weighted by Gasteiger charge is -2.30. The lowest BCUT2D eigenvalue weighted by Crippen LogP contribution is -2.42. The number of carbonyl (C=O) groups is 1. The van der Waals surface area contributed by atoms with Crippen molar-refractivity contribution in [2.75, 3.05) is 19.7 Å². The number of carboxylic acids is 1. The van der Waals surface area contributed by atoms with Gasteiger partial charge in [0.2, 0.25) is 10.0 Å². The number of hydrogen-bond acceptors (Lipinski definition) is 5. The van der Waals surface area contributed by atoms with Gasteiger partial charge in [0.1, 0.15) is 22.5 Å². The average molecular weight is 326 g/mol. The number of H-pyrrole nitrogens is 1. The highest BCUT2D eigenvalue weighted by atomic mass is 32.2. The second-order valence-electron chi connectivity index (χ2n) is 4.79. The zero-order valence-corrected chi connectivity index (χ0v) is 12.2. The minimum Gasteiger partial charge on any atom is -0.477 e. The molecule has 2 aromatic rings. The van der Waals surface area contributed by atoms with E-state index in [0.29, 0.717) is 5.76 Å². The molecule has 1 atom stereocenters. The Bertz CT molecular complexity index is 764. The highest BCUT2D eigenvalue weighted by Gasteiger charge is 2.33. The summed E-state index contributed by atoms with van der Waals surface area (Å²) >= 11 is 0. The molecule has 22 heavy (non-hydrogen) atoms. The van der Waals surface area contributed by atoms with Crippen molar-refractivity contribution in [2.45, 2.75) is 11.0 Å². The van der Waals surface area contributed by atoms with Gasteiger partial charge >= 0.3 is 5.97 Å². The van der Waals surface area contributed by atoms with Crippen LogP contribution in [0.4, 0.5) is 0 Å². The van der Waals surface area contributed by atoms with Crippen molar-refractivity contribution in [3.8, 4) is 0 Å². The van der Waals surface area contributed by atoms with Gasteiger partial charge in [-0.15, -0.1) is 0 Å². The van der Waals surface area contributed by atoms with Crippen LogP contribution in [0.25, 0.3) is 0 Å². The molecule has 2 aromatic heterocycles. The Morgan fingerprint density at radius 3 is 2.91 bits per heavy atom. The number of rotatable bonds is 4. The smallest absolute Gasteiger partial charge is 0.352 e. The molecule has 0 spiro atoms. The fraction of sp³-hybridized carbons (Fsp3) is 0.308. The van der Waals surface area contributed by atoms with Crippen LogP contribution < -0.4 is 0 Å². The van der Waals surface area contributed by atoms with Crippen molar-refractivity contribution in [1.82, 2.24) is 9.29 Å². The number of sulfonamides is 1. The van der Waals surface area contributed by atoms with E-state index >= 15 is 0 Å². The van der Waals surface area contributed by atoms with Crippen molar-refractivity contribution in [3.63, 3.8) is 0 Å². The highest BCUT2D eigenvalue weighted by molar-refractivity contribution is 7.89. The molecular formula is C13H14N2O6S. The van der Waals surface area contributed by atoms with E-state index in [0.717, 1.165) is 6.07 Å². The van der Waals surface area contributed by atoms with Crippen LogP contribution in [0.15, 0.2) is 40.0 Å². The molecule has 8 nitrogen and oxygen atoms in total. The topological polar surface area (TPSA) is 113 Å². The summed E-state index contributed by atoms with van der Waals surface area (Å²) in [6.07, 6.45) is 2.20. The van der Waals surface area contributed by atoms with Crippen molar-refractivity contribution < 1.29 is 27.5 Å². The Morgan fingerprint density at radius 2 is 2.27 bits per heavy atom. The van der Waals surface area contributed by atoms with Crippen molar-refractivity contribution in [1.29, 1.82) is 0 Å². The number of hydrogen-bond donors (Lipinski definition) is 2. The molecule has 1 saturated heterocycles. The lowest BCUT2D eigenvalue weighted by molar-refractivity contribution is -0.0142. The predicted molar refractivity (Wildman–Crippen MR) is 73.9 cm³/mol. The number of aromatic carboxylic acids is 1. The first kappa shape index (κ1) is 14.8. The Balaban J connectivity index is 1.83. The van der Waals surface area contributed by atoms with Gasteiger partial charge in [0.05, 0.1) is 12.9 Å². The maximum Gasteiger partial charge on any atom is 0.352 e. The van der Waals surface area contributed by atoms with Gasteiger partial charge in [0.25, 0.3) is 0 Å². The monoisotopic (exact) mass is 326 g/mol. The molecule has 0 radical (unpaired) electrons. The first-order valence-electron chi connectivity index (χ1n) is 6.55. The maximum atomic E-state index is 12.6. The van der Waals surface area contributed by atoms with Gasteiger partial charge in [-0.05, 0) is 18.2 Å². The summed E-state index contributed by atoms with van der Waals surface area (Å²) in [5.74, 6) is -0.655. The zero-order valence-electron chi connectivity index (χ0n) is 11.4. The van der Waals surface area contributed by atoms with E-state index in [-0.39, 0.29) is 30.3 Å². The normalized spacial score (nSPS) is 20.1. The van der Waals surface area contributed by atoms with Gasteiger partial charge in [-0.2, -0.15) is 4.31 Å². The van der Waals surface area contributed by atoms with Crippen LogP contribution in [0.1, 0.15) is 22.4 Å². The lowest BCUT2D eigenvalue weighted by atomic mass is 10.2. The molecule has 0 saturated carbocycles. The molecule has 3 heterocycles. The van der Waals surface area contributed by atoms with E-state index in [4.69, 9.17) is 14.3 Å². The van der Waals surface area contributed by atoms with E-state index in [1.807, 2.05) is 0 Å². The minimum absolute atomic E-state index is 0.0787. The molecule has 0 bridgehead atoms. The largest absolute Gasteiger partial charge is 0.477 e. The fourth-order valence-electron chi connectivity index (χ4n) is 2.29. The van der Waals surface area contributed by atoms with E-state index in [2.05, 4.69) is 4.98 Å². The van der Waals surface area contributed by atoms with Crippen molar-refractivity contribution in [2.24, 2.45) is 0 Å². The van der Waals surface area contributed by atoms with Crippen LogP contribution in [0.2, 0.25) is 0 Å². The number of nitrogens with zero attached hydrogens (tertiary/aromatic N) is 1. The van der Waals surface area contributed by atoms with Gasteiger partial charge in [-0.1, -0.05) is 0 Å². The van der Waals surface area contributed by atoms with Crippen LogP contribution >= 0.6 is 0 Å². The molecule has 2 N–H and O–H groups in total. The highest BCUT2D eigenvalue weighted by Crippen LogP contribution is 2.26. The standard InChI is InChI=1S/C13H14N2O6S/c16-13(17)10-6-9(7-14-10)22(18,19)15-3-5-21-12(8-15)11-2-1-4-20-11/h1-2,4,6-7,12,14H,3,5,8H2,(H,16,17). The molecule has 1 unspecified atom stereocenters. The maximum absolute atomic E-state index is 12.6. The van der Waals surface area contributed by atoms with Crippen LogP contribution in [-0.4, -0.2) is 48.5 Å². The number of aromatic amines is 1. The number of ether oxygens (including phenoxy) is 1. The SMILES string of the molecule is O=C(O)c1cc(S(=O)(=O)N2CCOC(c3ccco3)C2)c[nH]1. The summed E-state index contributed by atoms with van der Waals surface area (Å²) < 4.78 is 37.2. The van der Waals surface area contributed by atoms with Gasteiger partial charge < -0.3 is 19.2 Å². The number of nitrogens with one attached hydrogen (secondary N) is 1. The van der Waals surface area contributed by atoms with E-state index in [1.54, 1.807) is 12.1 Å². The molecule has 118 valence electrons. The first-order valence-corrected chi connectivity index (χ1v) is 7.99. The van der Waals surface area contributed by atoms with Crippen LogP contribution in [0.3, 0.4) is 0 Å². The number of carboxylic acid groups (broad SMARTS) is 1. The first-order chi connectivity index (χ1) is 10.5. The van der Waals surface area contributed by atoms with Gasteiger partial charge in [0.15, 0.2) is 0 Å². The Morgan fingerprint density at radius 1 is 1.45 bits per heavy atom. The van der Waals surface area contributed by atoms with Gasteiger partial charge in [-0.3, -0.25) is 0 Å². The zero-order chi connectivity index (χ0) is 15.7. The molecule has 1 aliphatic heterocycles. The van der Waals surface area contributed by atoms with Crippen LogP contribution in [0, 0.1) is 0 Å². The third kappa shape index (κ3) is 2.65. The van der Waals surface area contributed by atoms with E-state index < -0.39 is 22.1 Å². The summed E-state index contributed by atoms with van der Waals surface area (Å²) in [7, 11) is -3.78.